The van der Waals surface area contributed by atoms with Crippen LogP contribution in [0.1, 0.15) is 40.0 Å². The summed E-state index contributed by atoms with van der Waals surface area (Å²) in [5.41, 5.74) is 0. The van der Waals surface area contributed by atoms with E-state index in [0.29, 0.717) is 0 Å². The van der Waals surface area contributed by atoms with Gasteiger partial charge >= 0.3 is 7.68 Å². The van der Waals surface area contributed by atoms with E-state index in [1.165, 1.54) is 6.92 Å². The van der Waals surface area contributed by atoms with Gasteiger partial charge in [-0.1, -0.05) is 26.7 Å². The molecule has 0 N–H and O–H groups in total. The van der Waals surface area contributed by atoms with Crippen LogP contribution in [0, 0.1) is 0 Å². The molecule has 74 valence electrons. The van der Waals surface area contributed by atoms with Gasteiger partial charge in [0, 0.05) is 0 Å². The van der Waals surface area contributed by atoms with Crippen molar-refractivity contribution in [3.05, 3.63) is 0 Å². The largest absolute Gasteiger partial charge is 0.367 e. The van der Waals surface area contributed by atoms with Crippen molar-refractivity contribution in [3.63, 3.8) is 0 Å². The second kappa shape index (κ2) is 5.71. The van der Waals surface area contributed by atoms with Crippen molar-refractivity contribution >= 4 is 7.68 Å². The molecule has 0 rings (SSSR count). The van der Waals surface area contributed by atoms with E-state index in [2.05, 4.69) is 6.92 Å². The molecule has 0 saturated heterocycles. The number of rotatable bonds is 6. The fourth-order valence-corrected chi connectivity index (χ4v) is 1.68. The first kappa shape index (κ1) is 12.1. The highest BCUT2D eigenvalue weighted by Gasteiger charge is 2.21. The molecule has 0 aliphatic heterocycles. The van der Waals surface area contributed by atoms with Crippen LogP contribution in [0.4, 0.5) is 4.20 Å². The number of hydrogen-bond donors (Lipinski definition) is 0. The zero-order chi connectivity index (χ0) is 9.61. The van der Waals surface area contributed by atoms with Crippen molar-refractivity contribution in [1.82, 2.24) is 0 Å². The van der Waals surface area contributed by atoms with Crippen LogP contribution in [0.15, 0.2) is 0 Å². The molecule has 0 aromatic heterocycles. The van der Waals surface area contributed by atoms with Crippen molar-refractivity contribution in [2.45, 2.75) is 46.1 Å². The molecule has 2 nitrogen and oxygen atoms in total. The Morgan fingerprint density at radius 2 is 2.08 bits per heavy atom. The minimum absolute atomic E-state index is 0.0243. The summed E-state index contributed by atoms with van der Waals surface area (Å²) >= 11 is 0. The van der Waals surface area contributed by atoms with Crippen LogP contribution >= 0.6 is 7.68 Å². The normalized spacial score (nSPS) is 18.7. The SMILES string of the molecule is CCCCC(C)OP(=O)(F)CC. The van der Waals surface area contributed by atoms with Crippen LogP contribution in [0.5, 0.6) is 0 Å². The van der Waals surface area contributed by atoms with Crippen LogP contribution in [0.2, 0.25) is 0 Å². The van der Waals surface area contributed by atoms with E-state index in [1.54, 1.807) is 6.92 Å². The average Bonchev–Trinajstić information content (AvgIpc) is 2.00. The van der Waals surface area contributed by atoms with Gasteiger partial charge in [0.25, 0.3) is 0 Å². The lowest BCUT2D eigenvalue weighted by Crippen LogP contribution is -2.05. The summed E-state index contributed by atoms with van der Waals surface area (Å²) in [5, 5.41) is 0. The molecule has 0 aromatic carbocycles. The first-order chi connectivity index (χ1) is 5.52. The highest BCUT2D eigenvalue weighted by atomic mass is 31.2. The molecule has 0 radical (unpaired) electrons. The molecule has 0 aliphatic rings. The Hall–Kier alpha value is 0.120. The van der Waals surface area contributed by atoms with Gasteiger partial charge in [0.05, 0.1) is 12.3 Å². The monoisotopic (exact) mass is 196 g/mol. The maximum absolute atomic E-state index is 12.8. The maximum Gasteiger partial charge on any atom is 0.367 e. The maximum atomic E-state index is 12.8. The lowest BCUT2D eigenvalue weighted by Gasteiger charge is -2.14. The molecular formula is C8H18FO2P. The van der Waals surface area contributed by atoms with Gasteiger partial charge in [-0.2, -0.15) is 4.20 Å². The first-order valence-corrected chi connectivity index (χ1v) is 6.19. The fraction of sp³-hybridized carbons (Fsp3) is 1.00. The summed E-state index contributed by atoms with van der Waals surface area (Å²) in [7, 11) is -3.77. The highest BCUT2D eigenvalue weighted by Crippen LogP contribution is 2.49. The summed E-state index contributed by atoms with van der Waals surface area (Å²) in [4.78, 5) is 0. The molecule has 0 spiro atoms. The van der Waals surface area contributed by atoms with Gasteiger partial charge in [-0.15, -0.1) is 0 Å². The molecule has 0 heterocycles. The second-order valence-corrected chi connectivity index (χ2v) is 4.99. The number of unbranched alkanes of at least 4 members (excludes halogenated alkanes) is 1. The molecule has 0 fully saturated rings. The standard InChI is InChI=1S/C8H18FO2P/c1-4-6-7-8(3)11-12(9,10)5-2/h8H,4-7H2,1-3H3. The van der Waals surface area contributed by atoms with Crippen LogP contribution < -0.4 is 0 Å². The fourth-order valence-electron chi connectivity index (χ4n) is 0.888. The molecule has 0 aromatic rings. The summed E-state index contributed by atoms with van der Waals surface area (Å²) in [5.74, 6) is 0. The van der Waals surface area contributed by atoms with Crippen molar-refractivity contribution < 1.29 is 13.3 Å². The molecule has 2 unspecified atom stereocenters. The Morgan fingerprint density at radius 3 is 2.50 bits per heavy atom. The Labute approximate surface area is 74.1 Å². The predicted octanol–water partition coefficient (Wildman–Crippen LogP) is 3.76. The summed E-state index contributed by atoms with van der Waals surface area (Å²) in [6.45, 7) is 5.35. The Balaban J connectivity index is 3.68. The van der Waals surface area contributed by atoms with Gasteiger partial charge in [0.2, 0.25) is 0 Å². The first-order valence-electron chi connectivity index (χ1n) is 4.49. The summed E-state index contributed by atoms with van der Waals surface area (Å²) in [6.07, 6.45) is 2.58. The van der Waals surface area contributed by atoms with E-state index in [-0.39, 0.29) is 12.3 Å². The molecule has 0 aliphatic carbocycles. The van der Waals surface area contributed by atoms with Gasteiger partial charge in [-0.25, -0.2) is 0 Å². The number of hydrogen-bond acceptors (Lipinski definition) is 2. The smallest absolute Gasteiger partial charge is 0.302 e. The zero-order valence-corrected chi connectivity index (χ0v) is 8.94. The zero-order valence-electron chi connectivity index (χ0n) is 8.05. The summed E-state index contributed by atoms with van der Waals surface area (Å²) < 4.78 is 28.5. The Bertz CT molecular complexity index is 161. The Kier molecular flexibility index (Phi) is 5.77. The predicted molar refractivity (Wildman–Crippen MR) is 49.3 cm³/mol. The highest BCUT2D eigenvalue weighted by molar-refractivity contribution is 7.53. The molecular weight excluding hydrogens is 178 g/mol. The van der Waals surface area contributed by atoms with Crippen molar-refractivity contribution in [2.75, 3.05) is 6.16 Å². The third-order valence-corrected chi connectivity index (χ3v) is 3.11. The van der Waals surface area contributed by atoms with Gasteiger partial charge in [-0.3, -0.25) is 4.57 Å². The molecule has 0 bridgehead atoms. The van der Waals surface area contributed by atoms with Crippen LogP contribution in [0.25, 0.3) is 0 Å². The molecule has 0 saturated carbocycles. The van der Waals surface area contributed by atoms with E-state index >= 15 is 0 Å². The molecule has 2 atom stereocenters. The lowest BCUT2D eigenvalue weighted by atomic mass is 10.2. The van der Waals surface area contributed by atoms with Crippen molar-refractivity contribution in [1.29, 1.82) is 0 Å². The van der Waals surface area contributed by atoms with Crippen molar-refractivity contribution in [2.24, 2.45) is 0 Å². The minimum Gasteiger partial charge on any atom is -0.302 e. The van der Waals surface area contributed by atoms with E-state index in [0.717, 1.165) is 19.3 Å². The third-order valence-electron chi connectivity index (χ3n) is 1.68. The minimum atomic E-state index is -3.77. The lowest BCUT2D eigenvalue weighted by molar-refractivity contribution is 0.194. The van der Waals surface area contributed by atoms with E-state index in [4.69, 9.17) is 4.52 Å². The van der Waals surface area contributed by atoms with Gasteiger partial charge in [-0.05, 0) is 13.3 Å². The Morgan fingerprint density at radius 1 is 1.50 bits per heavy atom. The average molecular weight is 196 g/mol. The molecule has 4 heteroatoms. The van der Waals surface area contributed by atoms with Crippen molar-refractivity contribution in [3.8, 4) is 0 Å². The topological polar surface area (TPSA) is 26.3 Å². The summed E-state index contributed by atoms with van der Waals surface area (Å²) in [6, 6.07) is 0. The van der Waals surface area contributed by atoms with Gasteiger partial charge < -0.3 is 4.52 Å². The van der Waals surface area contributed by atoms with E-state index < -0.39 is 7.68 Å². The van der Waals surface area contributed by atoms with Gasteiger partial charge in [0.1, 0.15) is 0 Å². The molecule has 0 amide bonds. The van der Waals surface area contributed by atoms with Crippen LogP contribution in [-0.2, 0) is 9.09 Å². The second-order valence-electron chi connectivity index (χ2n) is 2.96. The van der Waals surface area contributed by atoms with Crippen LogP contribution in [0.3, 0.4) is 0 Å². The van der Waals surface area contributed by atoms with Gasteiger partial charge in [0.15, 0.2) is 0 Å². The van der Waals surface area contributed by atoms with E-state index in [9.17, 15) is 8.76 Å². The number of halogens is 1. The third kappa shape index (κ3) is 5.73. The molecule has 12 heavy (non-hydrogen) atoms. The van der Waals surface area contributed by atoms with Crippen LogP contribution in [-0.4, -0.2) is 12.3 Å². The van der Waals surface area contributed by atoms with E-state index in [1.807, 2.05) is 0 Å². The quantitative estimate of drug-likeness (QED) is 0.604.